The summed E-state index contributed by atoms with van der Waals surface area (Å²) in [4.78, 5) is 31.1. The highest BCUT2D eigenvalue weighted by Gasteiger charge is 2.34. The van der Waals surface area contributed by atoms with Crippen molar-refractivity contribution in [1.82, 2.24) is 0 Å². The van der Waals surface area contributed by atoms with Gasteiger partial charge in [0.05, 0.1) is 16.3 Å². The van der Waals surface area contributed by atoms with Crippen molar-refractivity contribution < 1.29 is 19.4 Å². The summed E-state index contributed by atoms with van der Waals surface area (Å²) in [6.07, 6.45) is 0.850. The number of thioether (sulfide) groups is 1. The van der Waals surface area contributed by atoms with Crippen molar-refractivity contribution in [3.8, 4) is 5.75 Å². The highest BCUT2D eigenvalue weighted by Crippen LogP contribution is 2.37. The number of amides is 1. The molecular formula is C25H20N2O4S. The van der Waals surface area contributed by atoms with Crippen molar-refractivity contribution in [2.24, 2.45) is 4.99 Å². The molecule has 1 amide bonds. The van der Waals surface area contributed by atoms with E-state index in [9.17, 15) is 9.59 Å². The molecule has 0 spiro atoms. The first-order chi connectivity index (χ1) is 15.5. The van der Waals surface area contributed by atoms with Gasteiger partial charge in [0, 0.05) is 0 Å². The lowest BCUT2D eigenvalue weighted by Gasteiger charge is -2.15. The molecule has 1 fully saturated rings. The summed E-state index contributed by atoms with van der Waals surface area (Å²) < 4.78 is 5.36. The maximum Gasteiger partial charge on any atom is 0.344 e. The van der Waals surface area contributed by atoms with E-state index in [1.54, 1.807) is 35.2 Å². The summed E-state index contributed by atoms with van der Waals surface area (Å²) in [7, 11) is 0. The van der Waals surface area contributed by atoms with Crippen molar-refractivity contribution in [3.05, 3.63) is 95.4 Å². The topological polar surface area (TPSA) is 79.2 Å². The van der Waals surface area contributed by atoms with Gasteiger partial charge in [-0.2, -0.15) is 0 Å². The standard InChI is InChI=1S/C25H20N2O4S/c1-17(24(29)30)31-21-14-12-18(13-15-21)16-22-23(28)27(20-10-6-3-7-11-20)25(32-22)26-19-8-4-2-5-9-19/h2-17H,1H3,(H,29,30)/b22-16-,26-25?/t17-/m1/s1. The molecule has 6 nitrogen and oxygen atoms in total. The van der Waals surface area contributed by atoms with Gasteiger partial charge in [0.25, 0.3) is 5.91 Å². The van der Waals surface area contributed by atoms with Crippen LogP contribution in [0.3, 0.4) is 0 Å². The molecule has 1 aliphatic rings. The van der Waals surface area contributed by atoms with Gasteiger partial charge in [0.2, 0.25) is 0 Å². The van der Waals surface area contributed by atoms with E-state index in [4.69, 9.17) is 9.84 Å². The van der Waals surface area contributed by atoms with E-state index in [-0.39, 0.29) is 5.91 Å². The average molecular weight is 445 g/mol. The second kappa shape index (κ2) is 9.53. The minimum absolute atomic E-state index is 0.157. The number of para-hydroxylation sites is 2. The second-order valence-electron chi connectivity index (χ2n) is 6.98. The summed E-state index contributed by atoms with van der Waals surface area (Å²) in [6.45, 7) is 1.47. The monoisotopic (exact) mass is 444 g/mol. The van der Waals surface area contributed by atoms with Crippen LogP contribution in [0.25, 0.3) is 6.08 Å². The summed E-state index contributed by atoms with van der Waals surface area (Å²) in [6, 6.07) is 25.8. The smallest absolute Gasteiger partial charge is 0.344 e. The van der Waals surface area contributed by atoms with E-state index in [2.05, 4.69) is 4.99 Å². The van der Waals surface area contributed by atoms with Crippen LogP contribution in [0, 0.1) is 0 Å². The van der Waals surface area contributed by atoms with Gasteiger partial charge < -0.3 is 9.84 Å². The van der Waals surface area contributed by atoms with Crippen molar-refractivity contribution in [3.63, 3.8) is 0 Å². The summed E-state index contributed by atoms with van der Waals surface area (Å²) in [5.74, 6) is -0.740. The number of carbonyl (C=O) groups is 2. The molecule has 0 unspecified atom stereocenters. The number of carbonyl (C=O) groups excluding carboxylic acids is 1. The SMILES string of the molecule is C[C@@H](Oc1ccc(/C=C2\SC(=Nc3ccccc3)N(c3ccccc3)C2=O)cc1)C(=O)O. The van der Waals surface area contributed by atoms with E-state index < -0.39 is 12.1 Å². The van der Waals surface area contributed by atoms with Gasteiger partial charge in [-0.15, -0.1) is 0 Å². The molecule has 1 saturated heterocycles. The van der Waals surface area contributed by atoms with Crippen molar-refractivity contribution >= 4 is 46.3 Å². The van der Waals surface area contributed by atoms with Crippen molar-refractivity contribution in [1.29, 1.82) is 0 Å². The Morgan fingerprint density at radius 1 is 1.00 bits per heavy atom. The van der Waals surface area contributed by atoms with E-state index in [1.807, 2.05) is 60.7 Å². The van der Waals surface area contributed by atoms with Gasteiger partial charge in [-0.25, -0.2) is 9.79 Å². The molecule has 3 aromatic carbocycles. The lowest BCUT2D eigenvalue weighted by Crippen LogP contribution is -2.28. The number of hydrogen-bond acceptors (Lipinski definition) is 5. The number of amidine groups is 1. The van der Waals surface area contributed by atoms with Crippen LogP contribution in [0.1, 0.15) is 12.5 Å². The third-order valence-electron chi connectivity index (χ3n) is 4.64. The van der Waals surface area contributed by atoms with Crippen LogP contribution in [-0.4, -0.2) is 28.3 Å². The quantitative estimate of drug-likeness (QED) is 0.519. The number of carboxylic acids is 1. The fraction of sp³-hybridized carbons (Fsp3) is 0.0800. The first kappa shape index (κ1) is 21.4. The Kier molecular flexibility index (Phi) is 6.37. The summed E-state index contributed by atoms with van der Waals surface area (Å²) in [5.41, 5.74) is 2.30. The Morgan fingerprint density at radius 3 is 2.25 bits per heavy atom. The van der Waals surface area contributed by atoms with Crippen LogP contribution in [0.5, 0.6) is 5.75 Å². The van der Waals surface area contributed by atoms with Crippen LogP contribution < -0.4 is 9.64 Å². The van der Waals surface area contributed by atoms with Crippen molar-refractivity contribution in [2.45, 2.75) is 13.0 Å². The zero-order valence-electron chi connectivity index (χ0n) is 17.2. The molecule has 0 aliphatic carbocycles. The van der Waals surface area contributed by atoms with E-state index in [1.165, 1.54) is 18.7 Å². The first-order valence-corrected chi connectivity index (χ1v) is 10.8. The number of aliphatic carboxylic acids is 1. The van der Waals surface area contributed by atoms with Crippen LogP contribution in [0.15, 0.2) is 94.8 Å². The normalized spacial score (nSPS) is 17.0. The number of ether oxygens (including phenoxy) is 1. The third kappa shape index (κ3) is 4.90. The minimum atomic E-state index is -1.03. The molecule has 3 aromatic rings. The lowest BCUT2D eigenvalue weighted by molar-refractivity contribution is -0.144. The predicted molar refractivity (Wildman–Crippen MR) is 127 cm³/mol. The molecule has 160 valence electrons. The molecule has 7 heteroatoms. The van der Waals surface area contributed by atoms with E-state index in [0.29, 0.717) is 15.8 Å². The van der Waals surface area contributed by atoms with Crippen molar-refractivity contribution in [2.75, 3.05) is 4.90 Å². The van der Waals surface area contributed by atoms with E-state index >= 15 is 0 Å². The summed E-state index contributed by atoms with van der Waals surface area (Å²) in [5, 5.41) is 9.55. The molecule has 32 heavy (non-hydrogen) atoms. The Morgan fingerprint density at radius 2 is 1.62 bits per heavy atom. The molecule has 0 radical (unpaired) electrons. The zero-order chi connectivity index (χ0) is 22.5. The largest absolute Gasteiger partial charge is 0.479 e. The third-order valence-corrected chi connectivity index (χ3v) is 5.61. The van der Waals surface area contributed by atoms with Gasteiger partial charge in [-0.05, 0) is 66.7 Å². The van der Waals surface area contributed by atoms with Gasteiger partial charge in [-0.1, -0.05) is 48.5 Å². The number of carboxylic acid groups (broad SMARTS) is 1. The second-order valence-corrected chi connectivity index (χ2v) is 7.99. The maximum atomic E-state index is 13.3. The van der Waals surface area contributed by atoms with Crippen LogP contribution >= 0.6 is 11.8 Å². The number of hydrogen-bond donors (Lipinski definition) is 1. The molecule has 4 rings (SSSR count). The molecule has 0 bridgehead atoms. The Bertz CT molecular complexity index is 1180. The van der Waals surface area contributed by atoms with Gasteiger partial charge in [0.15, 0.2) is 11.3 Å². The molecule has 1 heterocycles. The molecule has 1 N–H and O–H groups in total. The van der Waals surface area contributed by atoms with Crippen LogP contribution in [0.4, 0.5) is 11.4 Å². The number of rotatable bonds is 6. The molecule has 0 aromatic heterocycles. The van der Waals surface area contributed by atoms with Crippen LogP contribution in [-0.2, 0) is 9.59 Å². The lowest BCUT2D eigenvalue weighted by atomic mass is 10.2. The Hall–Kier alpha value is -3.84. The molecular weight excluding hydrogens is 424 g/mol. The number of nitrogens with zero attached hydrogens (tertiary/aromatic N) is 2. The van der Waals surface area contributed by atoms with Gasteiger partial charge in [0.1, 0.15) is 5.75 Å². The highest BCUT2D eigenvalue weighted by atomic mass is 32.2. The Labute approximate surface area is 189 Å². The molecule has 1 aliphatic heterocycles. The molecule has 1 atom stereocenters. The van der Waals surface area contributed by atoms with Crippen LogP contribution in [0.2, 0.25) is 0 Å². The zero-order valence-corrected chi connectivity index (χ0v) is 18.0. The fourth-order valence-electron chi connectivity index (χ4n) is 3.01. The van der Waals surface area contributed by atoms with Gasteiger partial charge in [-0.3, -0.25) is 9.69 Å². The fourth-order valence-corrected chi connectivity index (χ4v) is 4.02. The minimum Gasteiger partial charge on any atom is -0.479 e. The molecule has 0 saturated carbocycles. The predicted octanol–water partition coefficient (Wildman–Crippen LogP) is 5.35. The summed E-state index contributed by atoms with van der Waals surface area (Å²) >= 11 is 1.31. The maximum absolute atomic E-state index is 13.3. The van der Waals surface area contributed by atoms with E-state index in [0.717, 1.165) is 16.9 Å². The number of anilines is 1. The Balaban J connectivity index is 1.63. The number of benzene rings is 3. The number of aliphatic imine (C=N–C) groups is 1. The van der Waals surface area contributed by atoms with Gasteiger partial charge >= 0.3 is 5.97 Å². The average Bonchev–Trinajstić information content (AvgIpc) is 3.10. The highest BCUT2D eigenvalue weighted by molar-refractivity contribution is 8.19. The first-order valence-electron chi connectivity index (χ1n) is 9.93.